The number of phenolic OH excluding ortho intramolecular Hbond substituents is 4. The second kappa shape index (κ2) is 6.07. The monoisotopic (exact) mass is 360 g/mol. The van der Waals surface area contributed by atoms with Gasteiger partial charge in [0.05, 0.1) is 14.2 Å². The Labute approximate surface area is 147 Å². The van der Waals surface area contributed by atoms with Gasteiger partial charge >= 0.3 is 0 Å². The van der Waals surface area contributed by atoms with Gasteiger partial charge < -0.3 is 34.3 Å². The molecular weight excluding hydrogens is 344 g/mol. The number of hydrogen-bond donors (Lipinski definition) is 4. The van der Waals surface area contributed by atoms with Gasteiger partial charge in [-0.05, 0) is 19.1 Å². The molecule has 0 aliphatic rings. The Morgan fingerprint density at radius 2 is 1.46 bits per heavy atom. The van der Waals surface area contributed by atoms with Crippen LogP contribution in [0, 0.1) is 6.92 Å². The summed E-state index contributed by atoms with van der Waals surface area (Å²) in [5.74, 6) is -1.89. The van der Waals surface area contributed by atoms with Crippen LogP contribution < -0.4 is 14.9 Å². The first-order valence-electron chi connectivity index (χ1n) is 7.46. The number of aromatic hydroxyl groups is 4. The maximum Gasteiger partial charge on any atom is 0.239 e. The van der Waals surface area contributed by atoms with E-state index in [1.165, 1.54) is 39.3 Å². The van der Waals surface area contributed by atoms with Crippen molar-refractivity contribution in [3.63, 3.8) is 0 Å². The number of rotatable bonds is 3. The van der Waals surface area contributed by atoms with Crippen LogP contribution in [0.1, 0.15) is 5.56 Å². The molecule has 0 aliphatic carbocycles. The van der Waals surface area contributed by atoms with Gasteiger partial charge in [-0.1, -0.05) is 0 Å². The summed E-state index contributed by atoms with van der Waals surface area (Å²) >= 11 is 0. The molecule has 2 aromatic carbocycles. The molecule has 8 heteroatoms. The maximum absolute atomic E-state index is 12.8. The highest BCUT2D eigenvalue weighted by molar-refractivity contribution is 5.90. The summed E-state index contributed by atoms with van der Waals surface area (Å²) in [6, 6.07) is 3.64. The molecule has 0 aliphatic heterocycles. The van der Waals surface area contributed by atoms with Gasteiger partial charge in [0.1, 0.15) is 22.5 Å². The van der Waals surface area contributed by atoms with Crippen molar-refractivity contribution in [1.82, 2.24) is 0 Å². The van der Waals surface area contributed by atoms with E-state index in [0.717, 1.165) is 0 Å². The van der Waals surface area contributed by atoms with E-state index in [0.29, 0.717) is 0 Å². The number of fused-ring (bicyclic) bond motifs is 1. The third-order valence-electron chi connectivity index (χ3n) is 4.06. The van der Waals surface area contributed by atoms with Crippen LogP contribution in [-0.4, -0.2) is 34.6 Å². The van der Waals surface area contributed by atoms with Gasteiger partial charge in [-0.15, -0.1) is 0 Å². The lowest BCUT2D eigenvalue weighted by atomic mass is 10.1. The Hall–Kier alpha value is -3.55. The molecule has 0 amide bonds. The predicted molar refractivity (Wildman–Crippen MR) is 92.4 cm³/mol. The molecule has 0 unspecified atom stereocenters. The molecule has 0 fully saturated rings. The van der Waals surface area contributed by atoms with E-state index in [-0.39, 0.29) is 56.6 Å². The van der Waals surface area contributed by atoms with E-state index in [4.69, 9.17) is 13.9 Å². The molecule has 136 valence electrons. The van der Waals surface area contributed by atoms with Crippen molar-refractivity contribution in [2.75, 3.05) is 14.2 Å². The zero-order valence-corrected chi connectivity index (χ0v) is 14.2. The number of hydrogen-bond acceptors (Lipinski definition) is 8. The normalized spacial score (nSPS) is 10.9. The van der Waals surface area contributed by atoms with Crippen LogP contribution in [0.3, 0.4) is 0 Å². The van der Waals surface area contributed by atoms with Crippen molar-refractivity contribution in [1.29, 1.82) is 0 Å². The lowest BCUT2D eigenvalue weighted by molar-refractivity contribution is 0.344. The van der Waals surface area contributed by atoms with Gasteiger partial charge in [0.15, 0.2) is 17.3 Å². The summed E-state index contributed by atoms with van der Waals surface area (Å²) in [5.41, 5.74) is -0.490. The highest BCUT2D eigenvalue weighted by Gasteiger charge is 2.23. The summed E-state index contributed by atoms with van der Waals surface area (Å²) in [6.45, 7) is 1.45. The first-order chi connectivity index (χ1) is 12.3. The topological polar surface area (TPSA) is 130 Å². The molecule has 0 radical (unpaired) electrons. The molecule has 3 rings (SSSR count). The lowest BCUT2D eigenvalue weighted by Gasteiger charge is -2.13. The lowest BCUT2D eigenvalue weighted by Crippen LogP contribution is -2.08. The quantitative estimate of drug-likeness (QED) is 0.561. The molecule has 1 aromatic heterocycles. The van der Waals surface area contributed by atoms with E-state index in [9.17, 15) is 25.2 Å². The van der Waals surface area contributed by atoms with E-state index in [1.54, 1.807) is 0 Å². The van der Waals surface area contributed by atoms with Crippen molar-refractivity contribution in [2.45, 2.75) is 6.92 Å². The zero-order chi connectivity index (χ0) is 19.2. The molecule has 8 nitrogen and oxygen atoms in total. The minimum atomic E-state index is -0.667. The number of phenols is 4. The van der Waals surface area contributed by atoms with Crippen LogP contribution in [-0.2, 0) is 0 Å². The van der Waals surface area contributed by atoms with Crippen molar-refractivity contribution in [2.24, 2.45) is 0 Å². The summed E-state index contributed by atoms with van der Waals surface area (Å²) in [4.78, 5) is 12.8. The van der Waals surface area contributed by atoms with E-state index >= 15 is 0 Å². The second-order valence-corrected chi connectivity index (χ2v) is 5.58. The standard InChI is InChI=1S/C18H16O8/c1-7-9(19)6-12-13(14(7)22)15(23)18(25-3)16(26-12)8-4-10(20)17(24-2)11(21)5-8/h4-6,19-22H,1-3H3. The molecule has 26 heavy (non-hydrogen) atoms. The Balaban J connectivity index is 2.41. The molecule has 0 spiro atoms. The molecular formula is C18H16O8. The molecule has 3 aromatic rings. The van der Waals surface area contributed by atoms with Gasteiger partial charge in [0.2, 0.25) is 16.9 Å². The predicted octanol–water partition coefficient (Wildman–Crippen LogP) is 2.61. The van der Waals surface area contributed by atoms with Gasteiger partial charge in [-0.2, -0.15) is 0 Å². The first kappa shape index (κ1) is 17.3. The average Bonchev–Trinajstić information content (AvgIpc) is 2.59. The molecule has 0 atom stereocenters. The average molecular weight is 360 g/mol. The fraction of sp³-hybridized carbons (Fsp3) is 0.167. The third-order valence-corrected chi connectivity index (χ3v) is 4.06. The summed E-state index contributed by atoms with van der Waals surface area (Å²) in [7, 11) is 2.52. The number of ether oxygens (including phenoxy) is 2. The van der Waals surface area contributed by atoms with Crippen LogP contribution in [0.4, 0.5) is 0 Å². The van der Waals surface area contributed by atoms with Crippen molar-refractivity contribution in [3.8, 4) is 45.8 Å². The van der Waals surface area contributed by atoms with Crippen LogP contribution in [0.25, 0.3) is 22.3 Å². The van der Waals surface area contributed by atoms with E-state index in [2.05, 4.69) is 0 Å². The third kappa shape index (κ3) is 2.43. The summed E-state index contributed by atoms with van der Waals surface area (Å²) < 4.78 is 15.6. The molecule has 4 N–H and O–H groups in total. The molecule has 1 heterocycles. The molecule has 0 saturated carbocycles. The Morgan fingerprint density at radius 1 is 0.885 bits per heavy atom. The van der Waals surface area contributed by atoms with Gasteiger partial charge in [0, 0.05) is 17.2 Å². The maximum atomic E-state index is 12.8. The second-order valence-electron chi connectivity index (χ2n) is 5.58. The molecule has 0 saturated heterocycles. The smallest absolute Gasteiger partial charge is 0.239 e. The minimum absolute atomic E-state index is 0.0822. The van der Waals surface area contributed by atoms with Crippen molar-refractivity contribution in [3.05, 3.63) is 34.0 Å². The number of methoxy groups -OCH3 is 2. The van der Waals surface area contributed by atoms with Gasteiger partial charge in [0.25, 0.3) is 0 Å². The Bertz CT molecular complexity index is 1060. The fourth-order valence-electron chi connectivity index (χ4n) is 2.72. The van der Waals surface area contributed by atoms with Gasteiger partial charge in [-0.25, -0.2) is 0 Å². The van der Waals surface area contributed by atoms with E-state index < -0.39 is 11.2 Å². The van der Waals surface area contributed by atoms with Crippen LogP contribution in [0.5, 0.6) is 34.5 Å². The minimum Gasteiger partial charge on any atom is -0.507 e. The van der Waals surface area contributed by atoms with E-state index in [1.807, 2.05) is 0 Å². The van der Waals surface area contributed by atoms with Crippen LogP contribution >= 0.6 is 0 Å². The largest absolute Gasteiger partial charge is 0.507 e. The van der Waals surface area contributed by atoms with Crippen LogP contribution in [0.2, 0.25) is 0 Å². The van der Waals surface area contributed by atoms with Crippen molar-refractivity contribution < 1.29 is 34.3 Å². The zero-order valence-electron chi connectivity index (χ0n) is 14.2. The fourth-order valence-corrected chi connectivity index (χ4v) is 2.72. The van der Waals surface area contributed by atoms with Crippen LogP contribution in [0.15, 0.2) is 27.4 Å². The summed E-state index contributed by atoms with van der Waals surface area (Å²) in [6.07, 6.45) is 0. The SMILES string of the molecule is COc1c(O)cc(-c2oc3cc(O)c(C)c(O)c3c(=O)c2OC)cc1O. The Morgan fingerprint density at radius 3 is 2.00 bits per heavy atom. The number of benzene rings is 2. The highest BCUT2D eigenvalue weighted by Crippen LogP contribution is 2.43. The summed E-state index contributed by atoms with van der Waals surface area (Å²) in [5, 5.41) is 39.9. The highest BCUT2D eigenvalue weighted by atomic mass is 16.5. The van der Waals surface area contributed by atoms with Gasteiger partial charge in [-0.3, -0.25) is 4.79 Å². The Kier molecular flexibility index (Phi) is 4.03. The van der Waals surface area contributed by atoms with Crippen molar-refractivity contribution >= 4 is 11.0 Å². The molecule has 0 bridgehead atoms. The first-order valence-corrected chi connectivity index (χ1v) is 7.46.